The Hall–Kier alpha value is -1.04. The molecule has 5 rings (SSSR count). The van der Waals surface area contributed by atoms with Crippen LogP contribution in [0.5, 0.6) is 0 Å². The molecule has 4 fully saturated rings. The second-order valence-electron chi connectivity index (χ2n) is 11.3. The monoisotopic (exact) mass is 404 g/mol. The molecule has 1 unspecified atom stereocenters. The molecule has 0 bridgehead atoms. The Bertz CT molecular complexity index is 661. The van der Waals surface area contributed by atoms with Crippen molar-refractivity contribution in [3.63, 3.8) is 0 Å². The maximum atomic E-state index is 4.08. The van der Waals surface area contributed by atoms with Gasteiger partial charge in [-0.25, -0.2) is 0 Å². The lowest BCUT2D eigenvalue weighted by atomic mass is 9.53. The highest BCUT2D eigenvalue weighted by Gasteiger charge is 2.60. The number of fused-ring (bicyclic) bond motifs is 3. The summed E-state index contributed by atoms with van der Waals surface area (Å²) in [6.07, 6.45) is 24.2. The predicted octanol–water partition coefficient (Wildman–Crippen LogP) is 8.71. The van der Waals surface area contributed by atoms with Gasteiger partial charge in [-0.2, -0.15) is 0 Å². The van der Waals surface area contributed by atoms with Crippen molar-refractivity contribution in [1.82, 2.24) is 0 Å². The summed E-state index contributed by atoms with van der Waals surface area (Å²) >= 11 is 0. The van der Waals surface area contributed by atoms with E-state index in [1.54, 1.807) is 18.4 Å². The van der Waals surface area contributed by atoms with Gasteiger partial charge < -0.3 is 0 Å². The number of hydrogen-bond acceptors (Lipinski definition) is 0. The number of benzene rings is 1. The minimum Gasteiger partial charge on any atom is -0.103 e. The molecule has 0 radical (unpaired) electrons. The van der Waals surface area contributed by atoms with Gasteiger partial charge in [-0.05, 0) is 98.9 Å². The first-order chi connectivity index (χ1) is 14.9. The van der Waals surface area contributed by atoms with Crippen molar-refractivity contribution in [3.8, 4) is 0 Å². The van der Waals surface area contributed by atoms with Gasteiger partial charge in [0.05, 0.1) is 0 Å². The van der Waals surface area contributed by atoms with Gasteiger partial charge in [0, 0.05) is 5.41 Å². The summed E-state index contributed by atoms with van der Waals surface area (Å²) in [5.74, 6) is 5.99. The Morgan fingerprint density at radius 2 is 1.27 bits per heavy atom. The van der Waals surface area contributed by atoms with E-state index in [4.69, 9.17) is 0 Å². The normalized spacial score (nSPS) is 36.1. The molecule has 164 valence electrons. The molecular formula is C30H44. The molecule has 0 N–H and O–H groups in total. The molecule has 0 nitrogen and oxygen atoms in total. The molecule has 0 spiro atoms. The third-order valence-corrected chi connectivity index (χ3v) is 10.2. The van der Waals surface area contributed by atoms with Crippen molar-refractivity contribution in [1.29, 1.82) is 0 Å². The number of unbranched alkanes of at least 4 members (excludes halogenated alkanes) is 1. The summed E-state index contributed by atoms with van der Waals surface area (Å²) in [5.41, 5.74) is 2.15. The zero-order valence-electron chi connectivity index (χ0n) is 19.2. The SMILES string of the molecule is C=CCCC[C@](c1ccccc1)(C1CCCC1)C1[C@H]2CCCC[C@H]2[C@H]2CCCC[C@@H]12. The summed E-state index contributed by atoms with van der Waals surface area (Å²) in [6.45, 7) is 4.08. The van der Waals surface area contributed by atoms with Crippen LogP contribution >= 0.6 is 0 Å². The third kappa shape index (κ3) is 3.51. The number of hydrogen-bond donors (Lipinski definition) is 0. The van der Waals surface area contributed by atoms with Crippen molar-refractivity contribution in [2.24, 2.45) is 35.5 Å². The Labute approximate surface area is 185 Å². The molecule has 0 aromatic heterocycles. The molecule has 4 saturated carbocycles. The van der Waals surface area contributed by atoms with E-state index in [1.807, 2.05) is 0 Å². The summed E-state index contributed by atoms with van der Waals surface area (Å²) in [5, 5.41) is 0. The molecule has 1 aromatic rings. The molecule has 0 aliphatic heterocycles. The van der Waals surface area contributed by atoms with E-state index in [0.717, 1.165) is 35.5 Å². The minimum absolute atomic E-state index is 0.428. The molecule has 30 heavy (non-hydrogen) atoms. The van der Waals surface area contributed by atoms with Crippen LogP contribution in [-0.2, 0) is 5.41 Å². The second-order valence-corrected chi connectivity index (χ2v) is 11.3. The lowest BCUT2D eigenvalue weighted by molar-refractivity contribution is 0.0580. The van der Waals surface area contributed by atoms with Crippen LogP contribution in [0.3, 0.4) is 0 Å². The number of rotatable bonds is 7. The van der Waals surface area contributed by atoms with Crippen LogP contribution in [0.1, 0.15) is 102 Å². The van der Waals surface area contributed by atoms with Gasteiger partial charge >= 0.3 is 0 Å². The van der Waals surface area contributed by atoms with Crippen LogP contribution < -0.4 is 0 Å². The Balaban J connectivity index is 1.63. The van der Waals surface area contributed by atoms with Gasteiger partial charge in [0.2, 0.25) is 0 Å². The van der Waals surface area contributed by atoms with Crippen LogP contribution in [0, 0.1) is 35.5 Å². The molecular weight excluding hydrogens is 360 g/mol. The number of allylic oxidation sites excluding steroid dienone is 1. The molecule has 6 atom stereocenters. The minimum atomic E-state index is 0.428. The molecule has 0 amide bonds. The van der Waals surface area contributed by atoms with E-state index < -0.39 is 0 Å². The third-order valence-electron chi connectivity index (χ3n) is 10.2. The average molecular weight is 405 g/mol. The largest absolute Gasteiger partial charge is 0.103 e. The standard InChI is InChI=1S/C30H44/c1-2-3-13-22-30(24-16-7-8-17-24,23-14-5-4-6-15-23)29-27-20-11-9-18-25(27)26-19-10-12-21-28(26)29/h2,4-6,14-15,24-29H,1,3,7-13,16-22H2/t25-,26+,27-,28+,29?,30-/m0/s1. The fourth-order valence-electron chi connectivity index (χ4n) is 9.36. The fourth-order valence-corrected chi connectivity index (χ4v) is 9.36. The quantitative estimate of drug-likeness (QED) is 0.315. The highest BCUT2D eigenvalue weighted by Crippen LogP contribution is 2.66. The Morgan fingerprint density at radius 3 is 1.83 bits per heavy atom. The molecule has 0 saturated heterocycles. The molecule has 0 heteroatoms. The van der Waals surface area contributed by atoms with Gasteiger partial charge in [0.1, 0.15) is 0 Å². The van der Waals surface area contributed by atoms with Crippen LogP contribution in [0.15, 0.2) is 43.0 Å². The van der Waals surface area contributed by atoms with Crippen LogP contribution in [-0.4, -0.2) is 0 Å². The van der Waals surface area contributed by atoms with Crippen LogP contribution in [0.2, 0.25) is 0 Å². The maximum absolute atomic E-state index is 4.08. The first kappa shape index (κ1) is 20.8. The average Bonchev–Trinajstić information content (AvgIpc) is 3.45. The first-order valence-corrected chi connectivity index (χ1v) is 13.5. The zero-order chi connectivity index (χ0) is 20.4. The smallest absolute Gasteiger partial charge is 0.00150 e. The highest BCUT2D eigenvalue weighted by molar-refractivity contribution is 5.31. The van der Waals surface area contributed by atoms with Gasteiger partial charge in [0.15, 0.2) is 0 Å². The summed E-state index contributed by atoms with van der Waals surface area (Å²) in [6, 6.07) is 12.0. The topological polar surface area (TPSA) is 0 Å². The van der Waals surface area contributed by atoms with Gasteiger partial charge in [-0.3, -0.25) is 0 Å². The fraction of sp³-hybridized carbons (Fsp3) is 0.733. The summed E-state index contributed by atoms with van der Waals surface area (Å²) < 4.78 is 0. The van der Waals surface area contributed by atoms with Crippen LogP contribution in [0.25, 0.3) is 0 Å². The van der Waals surface area contributed by atoms with Gasteiger partial charge in [0.25, 0.3) is 0 Å². The molecule has 1 aromatic carbocycles. The summed E-state index contributed by atoms with van der Waals surface area (Å²) in [7, 11) is 0. The van der Waals surface area contributed by atoms with Crippen LogP contribution in [0.4, 0.5) is 0 Å². The van der Waals surface area contributed by atoms with Crippen molar-refractivity contribution in [3.05, 3.63) is 48.6 Å². The second kappa shape index (κ2) is 9.22. The molecule has 4 aliphatic rings. The molecule has 0 heterocycles. The van der Waals surface area contributed by atoms with Gasteiger partial charge in [-0.15, -0.1) is 6.58 Å². The molecule has 4 aliphatic carbocycles. The Kier molecular flexibility index (Phi) is 6.40. The van der Waals surface area contributed by atoms with E-state index in [0.29, 0.717) is 5.41 Å². The van der Waals surface area contributed by atoms with Crippen molar-refractivity contribution >= 4 is 0 Å². The van der Waals surface area contributed by atoms with E-state index in [9.17, 15) is 0 Å². The zero-order valence-corrected chi connectivity index (χ0v) is 19.2. The summed E-state index contributed by atoms with van der Waals surface area (Å²) in [4.78, 5) is 0. The lowest BCUT2D eigenvalue weighted by Crippen LogP contribution is -2.47. The van der Waals surface area contributed by atoms with Crippen molar-refractivity contribution < 1.29 is 0 Å². The maximum Gasteiger partial charge on any atom is 0.00150 e. The van der Waals surface area contributed by atoms with E-state index in [1.165, 1.54) is 83.5 Å². The van der Waals surface area contributed by atoms with Crippen molar-refractivity contribution in [2.45, 2.75) is 102 Å². The van der Waals surface area contributed by atoms with E-state index in [-0.39, 0.29) is 0 Å². The highest BCUT2D eigenvalue weighted by atomic mass is 14.6. The first-order valence-electron chi connectivity index (χ1n) is 13.5. The van der Waals surface area contributed by atoms with E-state index >= 15 is 0 Å². The predicted molar refractivity (Wildman–Crippen MR) is 129 cm³/mol. The van der Waals surface area contributed by atoms with Gasteiger partial charge in [-0.1, -0.05) is 74.9 Å². The lowest BCUT2D eigenvalue weighted by Gasteiger charge is -2.51. The van der Waals surface area contributed by atoms with Crippen molar-refractivity contribution in [2.75, 3.05) is 0 Å². The Morgan fingerprint density at radius 1 is 0.733 bits per heavy atom. The van der Waals surface area contributed by atoms with E-state index in [2.05, 4.69) is 43.0 Å².